The molecule has 0 saturated heterocycles. The van der Waals surface area contributed by atoms with Gasteiger partial charge in [-0.2, -0.15) is 5.10 Å². The highest BCUT2D eigenvalue weighted by Crippen LogP contribution is 2.04. The van der Waals surface area contributed by atoms with Crippen molar-refractivity contribution in [1.82, 2.24) is 20.0 Å². The summed E-state index contributed by atoms with van der Waals surface area (Å²) in [6, 6.07) is 8.66. The molecule has 0 amide bonds. The lowest BCUT2D eigenvalue weighted by atomic mass is 10.1. The van der Waals surface area contributed by atoms with Gasteiger partial charge in [-0.1, -0.05) is 29.8 Å². The van der Waals surface area contributed by atoms with Crippen LogP contribution < -0.4 is 5.32 Å². The van der Waals surface area contributed by atoms with E-state index in [1.165, 1.54) is 16.7 Å². The highest BCUT2D eigenvalue weighted by Gasteiger charge is 2.07. The summed E-state index contributed by atoms with van der Waals surface area (Å²) in [6.07, 6.45) is 4.90. The number of rotatable bonds is 5. The molecule has 23 heavy (non-hydrogen) atoms. The van der Waals surface area contributed by atoms with Crippen LogP contribution in [-0.2, 0) is 20.0 Å². The summed E-state index contributed by atoms with van der Waals surface area (Å²) in [6.45, 7) is 3.77. The first kappa shape index (κ1) is 19.5. The number of aromatic nitrogens is 2. The van der Waals surface area contributed by atoms with E-state index in [1.54, 1.807) is 0 Å². The van der Waals surface area contributed by atoms with Crippen molar-refractivity contribution in [1.29, 1.82) is 0 Å². The van der Waals surface area contributed by atoms with E-state index < -0.39 is 0 Å². The van der Waals surface area contributed by atoms with E-state index in [9.17, 15) is 0 Å². The van der Waals surface area contributed by atoms with Crippen LogP contribution in [0.15, 0.2) is 41.7 Å². The second-order valence-corrected chi connectivity index (χ2v) is 5.59. The monoisotopic (exact) mass is 427 g/mol. The average Bonchev–Trinajstić information content (AvgIpc) is 2.90. The molecule has 126 valence electrons. The molecule has 0 bridgehead atoms. The van der Waals surface area contributed by atoms with Crippen LogP contribution in [0.3, 0.4) is 0 Å². The van der Waals surface area contributed by atoms with Crippen LogP contribution >= 0.6 is 24.0 Å². The molecule has 1 heterocycles. The molecule has 1 N–H and O–H groups in total. The molecule has 0 aliphatic heterocycles. The molecule has 2 rings (SSSR count). The Morgan fingerprint density at radius 2 is 1.96 bits per heavy atom. The molecule has 2 aromatic rings. The Morgan fingerprint density at radius 1 is 1.26 bits per heavy atom. The summed E-state index contributed by atoms with van der Waals surface area (Å²) in [5.41, 5.74) is 3.80. The molecule has 1 aromatic carbocycles. The van der Waals surface area contributed by atoms with E-state index in [4.69, 9.17) is 0 Å². The highest BCUT2D eigenvalue weighted by molar-refractivity contribution is 14.0. The predicted molar refractivity (Wildman–Crippen MR) is 106 cm³/mol. The number of nitrogens with one attached hydrogen (secondary N) is 1. The van der Waals surface area contributed by atoms with E-state index in [1.807, 2.05) is 38.2 Å². The molecule has 0 fully saturated rings. The van der Waals surface area contributed by atoms with E-state index in [0.29, 0.717) is 0 Å². The summed E-state index contributed by atoms with van der Waals surface area (Å²) in [4.78, 5) is 6.44. The van der Waals surface area contributed by atoms with Gasteiger partial charge in [-0.05, 0) is 18.9 Å². The van der Waals surface area contributed by atoms with E-state index >= 15 is 0 Å². The Hall–Kier alpha value is -1.57. The number of benzene rings is 1. The van der Waals surface area contributed by atoms with Gasteiger partial charge in [0.25, 0.3) is 0 Å². The zero-order chi connectivity index (χ0) is 15.9. The van der Waals surface area contributed by atoms with Crippen molar-refractivity contribution in [2.75, 3.05) is 20.6 Å². The summed E-state index contributed by atoms with van der Waals surface area (Å²) in [5.74, 6) is 0.899. The molecule has 0 radical (unpaired) electrons. The minimum Gasteiger partial charge on any atom is -0.356 e. The minimum absolute atomic E-state index is 0. The third-order valence-corrected chi connectivity index (χ3v) is 3.57. The maximum Gasteiger partial charge on any atom is 0.193 e. The van der Waals surface area contributed by atoms with Crippen LogP contribution in [0.1, 0.15) is 16.7 Å². The van der Waals surface area contributed by atoms with Crippen LogP contribution in [0.2, 0.25) is 0 Å². The van der Waals surface area contributed by atoms with Gasteiger partial charge in [0, 0.05) is 46.0 Å². The minimum atomic E-state index is 0. The Balaban J connectivity index is 0.00000264. The molecule has 6 heteroatoms. The normalized spacial score (nSPS) is 11.0. The molecule has 0 spiro atoms. The highest BCUT2D eigenvalue weighted by atomic mass is 127. The molecule has 1 aromatic heterocycles. The summed E-state index contributed by atoms with van der Waals surface area (Å²) < 4.78 is 1.82. The largest absolute Gasteiger partial charge is 0.356 e. The standard InChI is InChI=1S/C17H25N5.HI/c1-14-5-7-15(8-6-14)9-10-19-17(18-2)21(3)12-16-11-20-22(4)13-16;/h5-8,11,13H,9-10,12H2,1-4H3,(H,18,19);1H. The van der Waals surface area contributed by atoms with Gasteiger partial charge in [0.05, 0.1) is 6.20 Å². The second-order valence-electron chi connectivity index (χ2n) is 5.59. The first-order valence-electron chi connectivity index (χ1n) is 7.53. The van der Waals surface area contributed by atoms with Crippen LogP contribution in [0.4, 0.5) is 0 Å². The van der Waals surface area contributed by atoms with Crippen molar-refractivity contribution in [3.8, 4) is 0 Å². The number of hydrogen-bond donors (Lipinski definition) is 1. The van der Waals surface area contributed by atoms with Gasteiger partial charge in [-0.15, -0.1) is 24.0 Å². The molecule has 0 atom stereocenters. The van der Waals surface area contributed by atoms with Crippen molar-refractivity contribution in [3.05, 3.63) is 53.3 Å². The van der Waals surface area contributed by atoms with Gasteiger partial charge in [0.15, 0.2) is 5.96 Å². The van der Waals surface area contributed by atoms with Crippen molar-refractivity contribution in [2.24, 2.45) is 12.0 Å². The number of hydrogen-bond acceptors (Lipinski definition) is 2. The number of aryl methyl sites for hydroxylation is 2. The zero-order valence-electron chi connectivity index (χ0n) is 14.3. The Kier molecular flexibility index (Phi) is 8.08. The molecule has 0 saturated carbocycles. The third kappa shape index (κ3) is 6.21. The molecule has 0 unspecified atom stereocenters. The smallest absolute Gasteiger partial charge is 0.193 e. The van der Waals surface area contributed by atoms with Gasteiger partial charge in [-0.3, -0.25) is 9.67 Å². The van der Waals surface area contributed by atoms with Crippen LogP contribution in [-0.4, -0.2) is 41.3 Å². The maximum absolute atomic E-state index is 4.34. The first-order chi connectivity index (χ1) is 10.6. The lowest BCUT2D eigenvalue weighted by Gasteiger charge is -2.21. The summed E-state index contributed by atoms with van der Waals surface area (Å²) in [5, 5.41) is 7.60. The fraction of sp³-hybridized carbons (Fsp3) is 0.412. The van der Waals surface area contributed by atoms with Gasteiger partial charge in [0.2, 0.25) is 0 Å². The van der Waals surface area contributed by atoms with Crippen molar-refractivity contribution in [3.63, 3.8) is 0 Å². The molecule has 0 aliphatic rings. The fourth-order valence-electron chi connectivity index (χ4n) is 2.36. The van der Waals surface area contributed by atoms with Gasteiger partial charge in [-0.25, -0.2) is 0 Å². The van der Waals surface area contributed by atoms with E-state index in [2.05, 4.69) is 51.5 Å². The number of aliphatic imine (C=N–C) groups is 1. The molecular weight excluding hydrogens is 401 g/mol. The number of halogens is 1. The SMILES string of the molecule is CN=C(NCCc1ccc(C)cc1)N(C)Cc1cnn(C)c1.I. The topological polar surface area (TPSA) is 45.5 Å². The zero-order valence-corrected chi connectivity index (χ0v) is 16.6. The number of nitrogens with zero attached hydrogens (tertiary/aromatic N) is 4. The quantitative estimate of drug-likeness (QED) is 0.454. The summed E-state index contributed by atoms with van der Waals surface area (Å²) >= 11 is 0. The summed E-state index contributed by atoms with van der Waals surface area (Å²) in [7, 11) is 5.78. The van der Waals surface area contributed by atoms with Crippen LogP contribution in [0.5, 0.6) is 0 Å². The second kappa shape index (κ2) is 9.54. The molecule has 5 nitrogen and oxygen atoms in total. The van der Waals surface area contributed by atoms with Gasteiger partial charge < -0.3 is 10.2 Å². The lowest BCUT2D eigenvalue weighted by Crippen LogP contribution is -2.39. The lowest BCUT2D eigenvalue weighted by molar-refractivity contribution is 0.477. The van der Waals surface area contributed by atoms with Crippen molar-refractivity contribution < 1.29 is 0 Å². The number of guanidine groups is 1. The van der Waals surface area contributed by atoms with Gasteiger partial charge >= 0.3 is 0 Å². The Bertz CT molecular complexity index is 618. The van der Waals surface area contributed by atoms with E-state index in [0.717, 1.165) is 25.5 Å². The Morgan fingerprint density at radius 3 is 2.52 bits per heavy atom. The first-order valence-corrected chi connectivity index (χ1v) is 7.53. The molecule has 0 aliphatic carbocycles. The Labute approximate surface area is 155 Å². The predicted octanol–water partition coefficient (Wildman–Crippen LogP) is 2.60. The van der Waals surface area contributed by atoms with E-state index in [-0.39, 0.29) is 24.0 Å². The fourth-order valence-corrected chi connectivity index (χ4v) is 2.36. The third-order valence-electron chi connectivity index (χ3n) is 3.57. The van der Waals surface area contributed by atoms with Crippen LogP contribution in [0.25, 0.3) is 0 Å². The average molecular weight is 427 g/mol. The van der Waals surface area contributed by atoms with Crippen LogP contribution in [0, 0.1) is 6.92 Å². The maximum atomic E-state index is 4.34. The van der Waals surface area contributed by atoms with Crippen molar-refractivity contribution >= 4 is 29.9 Å². The molecular formula is C17H26IN5. The van der Waals surface area contributed by atoms with Crippen molar-refractivity contribution in [2.45, 2.75) is 19.9 Å². The van der Waals surface area contributed by atoms with Gasteiger partial charge in [0.1, 0.15) is 0 Å².